The maximum atomic E-state index is 11.5. The molecule has 3 rings (SSSR count). The average molecular weight is 355 g/mol. The van der Waals surface area contributed by atoms with E-state index in [-0.39, 0.29) is 6.04 Å². The Hall–Kier alpha value is -2.53. The number of hydrogen-bond donors (Lipinski definition) is 1. The lowest BCUT2D eigenvalue weighted by Gasteiger charge is -2.29. The molecule has 1 fully saturated rings. The molecule has 5 nitrogen and oxygen atoms in total. The van der Waals surface area contributed by atoms with Crippen LogP contribution in [0.1, 0.15) is 36.9 Å². The number of likely N-dealkylation sites (tertiary alicyclic amines) is 1. The second-order valence-corrected chi connectivity index (χ2v) is 6.59. The van der Waals surface area contributed by atoms with E-state index in [0.717, 1.165) is 24.1 Å². The molecule has 2 atom stereocenters. The molecule has 1 N–H and O–H groups in total. The Morgan fingerprint density at radius 3 is 2.69 bits per heavy atom. The summed E-state index contributed by atoms with van der Waals surface area (Å²) in [6, 6.07) is 15.4. The lowest BCUT2D eigenvalue weighted by atomic mass is 10.0. The Morgan fingerprint density at radius 2 is 2.00 bits per heavy atom. The topological polar surface area (TPSA) is 59.0 Å². The predicted octanol–water partition coefficient (Wildman–Crippen LogP) is 3.88. The molecule has 138 valence electrons. The van der Waals surface area contributed by atoms with Crippen LogP contribution in [0.25, 0.3) is 0 Å². The number of nitrogens with zero attached hydrogens (tertiary/aromatic N) is 1. The van der Waals surface area contributed by atoms with E-state index in [1.807, 2.05) is 60.4 Å². The molecule has 0 amide bonds. The summed E-state index contributed by atoms with van der Waals surface area (Å²) in [4.78, 5) is 13.5. The minimum Gasteiger partial charge on any atom is -0.493 e. The van der Waals surface area contributed by atoms with Gasteiger partial charge in [0.15, 0.2) is 11.5 Å². The maximum Gasteiger partial charge on any atom is 0.320 e. The van der Waals surface area contributed by atoms with Gasteiger partial charge < -0.3 is 14.6 Å². The minimum atomic E-state index is -0.746. The average Bonchev–Trinajstić information content (AvgIpc) is 3.16. The molecular weight excluding hydrogens is 330 g/mol. The first-order valence-corrected chi connectivity index (χ1v) is 8.93. The summed E-state index contributed by atoms with van der Waals surface area (Å²) >= 11 is 0. The highest BCUT2D eigenvalue weighted by molar-refractivity contribution is 5.73. The van der Waals surface area contributed by atoms with Crippen molar-refractivity contribution in [2.75, 3.05) is 13.7 Å². The number of rotatable bonds is 7. The molecule has 0 saturated carbocycles. The molecule has 26 heavy (non-hydrogen) atoms. The monoisotopic (exact) mass is 355 g/mol. The fourth-order valence-electron chi connectivity index (χ4n) is 3.51. The van der Waals surface area contributed by atoms with Gasteiger partial charge in [-0.1, -0.05) is 36.4 Å². The number of carboxylic acids is 1. The molecule has 0 aromatic heterocycles. The van der Waals surface area contributed by atoms with Crippen LogP contribution in [0.4, 0.5) is 0 Å². The van der Waals surface area contributed by atoms with Crippen molar-refractivity contribution in [2.24, 2.45) is 0 Å². The highest BCUT2D eigenvalue weighted by Gasteiger charge is 2.34. The lowest BCUT2D eigenvalue weighted by molar-refractivity contribution is -0.142. The van der Waals surface area contributed by atoms with Gasteiger partial charge in [-0.15, -0.1) is 0 Å². The number of carbonyl (C=O) groups is 1. The summed E-state index contributed by atoms with van der Waals surface area (Å²) in [5.41, 5.74) is 2.12. The summed E-state index contributed by atoms with van der Waals surface area (Å²) < 4.78 is 11.4. The van der Waals surface area contributed by atoms with Gasteiger partial charge in [0.05, 0.1) is 7.11 Å². The van der Waals surface area contributed by atoms with Crippen molar-refractivity contribution in [3.63, 3.8) is 0 Å². The van der Waals surface area contributed by atoms with Crippen LogP contribution in [0.3, 0.4) is 0 Å². The van der Waals surface area contributed by atoms with Crippen LogP contribution in [0, 0.1) is 0 Å². The van der Waals surface area contributed by atoms with Gasteiger partial charge in [-0.25, -0.2) is 0 Å². The van der Waals surface area contributed by atoms with E-state index in [0.29, 0.717) is 24.5 Å². The van der Waals surface area contributed by atoms with Gasteiger partial charge in [0.1, 0.15) is 12.6 Å². The van der Waals surface area contributed by atoms with Crippen molar-refractivity contribution in [3.05, 3.63) is 59.7 Å². The molecule has 5 heteroatoms. The Kier molecular flexibility index (Phi) is 5.78. The van der Waals surface area contributed by atoms with Gasteiger partial charge in [-0.2, -0.15) is 0 Å². The third kappa shape index (κ3) is 3.99. The van der Waals surface area contributed by atoms with E-state index in [1.54, 1.807) is 7.11 Å². The van der Waals surface area contributed by atoms with E-state index in [9.17, 15) is 9.90 Å². The van der Waals surface area contributed by atoms with Gasteiger partial charge in [0.2, 0.25) is 0 Å². The zero-order valence-electron chi connectivity index (χ0n) is 15.2. The van der Waals surface area contributed by atoms with Crippen LogP contribution in [0.15, 0.2) is 48.5 Å². The molecule has 1 heterocycles. The SMILES string of the molecule is COc1cc([C@H](C)N2CCC[C@H]2C(=O)O)ccc1OCc1ccccc1. The zero-order valence-corrected chi connectivity index (χ0v) is 15.2. The van der Waals surface area contributed by atoms with Crippen molar-refractivity contribution < 1.29 is 19.4 Å². The van der Waals surface area contributed by atoms with E-state index in [1.165, 1.54) is 0 Å². The van der Waals surface area contributed by atoms with Gasteiger partial charge in [-0.05, 0) is 49.6 Å². The largest absolute Gasteiger partial charge is 0.493 e. The first-order valence-electron chi connectivity index (χ1n) is 8.93. The van der Waals surface area contributed by atoms with Gasteiger partial charge in [0.25, 0.3) is 0 Å². The first-order chi connectivity index (χ1) is 12.6. The van der Waals surface area contributed by atoms with E-state index in [2.05, 4.69) is 0 Å². The van der Waals surface area contributed by atoms with Crippen molar-refractivity contribution in [1.82, 2.24) is 4.90 Å². The summed E-state index contributed by atoms with van der Waals surface area (Å²) in [7, 11) is 1.62. The molecular formula is C21H25NO4. The molecule has 0 radical (unpaired) electrons. The summed E-state index contributed by atoms with van der Waals surface area (Å²) in [6.45, 7) is 3.31. The summed E-state index contributed by atoms with van der Waals surface area (Å²) in [5.74, 6) is 0.601. The second kappa shape index (κ2) is 8.23. The predicted molar refractivity (Wildman–Crippen MR) is 99.5 cm³/mol. The Balaban J connectivity index is 1.74. The van der Waals surface area contributed by atoms with E-state index < -0.39 is 12.0 Å². The Labute approximate surface area is 154 Å². The minimum absolute atomic E-state index is 0.00988. The number of aliphatic carboxylic acids is 1. The zero-order chi connectivity index (χ0) is 18.5. The van der Waals surface area contributed by atoms with Crippen LogP contribution in [0.2, 0.25) is 0 Å². The molecule has 0 aliphatic carbocycles. The molecule has 1 aliphatic heterocycles. The normalized spacial score (nSPS) is 18.5. The van der Waals surface area contributed by atoms with Crippen LogP contribution in [0.5, 0.6) is 11.5 Å². The quantitative estimate of drug-likeness (QED) is 0.817. The van der Waals surface area contributed by atoms with Crippen LogP contribution >= 0.6 is 0 Å². The second-order valence-electron chi connectivity index (χ2n) is 6.59. The number of hydrogen-bond acceptors (Lipinski definition) is 4. The highest BCUT2D eigenvalue weighted by Crippen LogP contribution is 2.35. The highest BCUT2D eigenvalue weighted by atomic mass is 16.5. The number of methoxy groups -OCH3 is 1. The van der Waals surface area contributed by atoms with Gasteiger partial charge in [0, 0.05) is 6.04 Å². The number of carboxylic acid groups (broad SMARTS) is 1. The smallest absolute Gasteiger partial charge is 0.320 e. The fraction of sp³-hybridized carbons (Fsp3) is 0.381. The lowest BCUT2D eigenvalue weighted by Crippen LogP contribution is -2.37. The van der Waals surface area contributed by atoms with Crippen molar-refractivity contribution >= 4 is 5.97 Å². The standard InChI is InChI=1S/C21H25NO4/c1-15(22-12-6-9-18(22)21(23)24)17-10-11-19(20(13-17)25-2)26-14-16-7-4-3-5-8-16/h3-5,7-8,10-11,13,15,18H,6,9,12,14H2,1-2H3,(H,23,24)/t15-,18-/m0/s1. The van der Waals surface area contributed by atoms with E-state index in [4.69, 9.17) is 9.47 Å². The molecule has 2 aromatic rings. The van der Waals surface area contributed by atoms with Crippen LogP contribution in [-0.2, 0) is 11.4 Å². The third-order valence-electron chi connectivity index (χ3n) is 4.98. The van der Waals surface area contributed by atoms with E-state index >= 15 is 0 Å². The molecule has 2 aromatic carbocycles. The third-order valence-corrected chi connectivity index (χ3v) is 4.98. The van der Waals surface area contributed by atoms with Gasteiger partial charge >= 0.3 is 5.97 Å². The fourth-order valence-corrected chi connectivity index (χ4v) is 3.51. The first kappa shape index (κ1) is 18.3. The van der Waals surface area contributed by atoms with Crippen LogP contribution in [-0.4, -0.2) is 35.7 Å². The number of ether oxygens (including phenoxy) is 2. The van der Waals surface area contributed by atoms with Gasteiger partial charge in [-0.3, -0.25) is 9.69 Å². The maximum absolute atomic E-state index is 11.5. The molecule has 0 spiro atoms. The van der Waals surface area contributed by atoms with Crippen molar-refractivity contribution in [2.45, 2.75) is 38.5 Å². The molecule has 1 saturated heterocycles. The van der Waals surface area contributed by atoms with Crippen molar-refractivity contribution in [3.8, 4) is 11.5 Å². The van der Waals surface area contributed by atoms with Crippen LogP contribution < -0.4 is 9.47 Å². The Bertz CT molecular complexity index is 747. The summed E-state index contributed by atoms with van der Waals surface area (Å²) in [6.07, 6.45) is 1.62. The Morgan fingerprint density at radius 1 is 1.23 bits per heavy atom. The molecule has 0 unspecified atom stereocenters. The van der Waals surface area contributed by atoms with Crippen molar-refractivity contribution in [1.29, 1.82) is 0 Å². The number of benzene rings is 2. The molecule has 1 aliphatic rings. The molecule has 0 bridgehead atoms. The summed E-state index contributed by atoms with van der Waals surface area (Å²) in [5, 5.41) is 9.42.